The van der Waals surface area contributed by atoms with Gasteiger partial charge in [0.2, 0.25) is 6.10 Å². The molecule has 0 unspecified atom stereocenters. The van der Waals surface area contributed by atoms with E-state index in [1.54, 1.807) is 18.2 Å². The Balaban J connectivity index is 1.56. The van der Waals surface area contributed by atoms with Crippen LogP contribution >= 0.6 is 0 Å². The lowest BCUT2D eigenvalue weighted by molar-refractivity contribution is -0.156. The van der Waals surface area contributed by atoms with Gasteiger partial charge in [0.05, 0.1) is 23.9 Å². The Morgan fingerprint density at radius 2 is 1.83 bits per heavy atom. The molecular formula is C22H19NO6. The highest BCUT2D eigenvalue weighted by Gasteiger charge is 2.29. The van der Waals surface area contributed by atoms with Gasteiger partial charge in [-0.15, -0.1) is 0 Å². The van der Waals surface area contributed by atoms with Crippen molar-refractivity contribution in [3.8, 4) is 11.5 Å². The fourth-order valence-electron chi connectivity index (χ4n) is 3.29. The van der Waals surface area contributed by atoms with Gasteiger partial charge >= 0.3 is 11.9 Å². The van der Waals surface area contributed by atoms with Crippen molar-refractivity contribution in [2.24, 2.45) is 0 Å². The van der Waals surface area contributed by atoms with Gasteiger partial charge in [0.15, 0.2) is 11.5 Å². The molecule has 29 heavy (non-hydrogen) atoms. The van der Waals surface area contributed by atoms with Crippen molar-refractivity contribution >= 4 is 22.8 Å². The fraction of sp³-hybridized carbons (Fsp3) is 0.227. The topological polar surface area (TPSA) is 84.0 Å². The Bertz CT molecular complexity index is 1090. The Kier molecular flexibility index (Phi) is 5.03. The number of para-hydroxylation sites is 3. The second kappa shape index (κ2) is 7.79. The molecule has 0 aliphatic carbocycles. The standard InChI is InChI=1S/C22H19NO6/c1-13-14-7-3-4-8-15(14)23-16(20(13)22(25)26-2)11-28-21(24)19-12-27-17-9-5-6-10-18(17)29-19/h3-10,19H,11-12H2,1-2H3/t19-/m0/s1. The van der Waals surface area contributed by atoms with E-state index in [1.165, 1.54) is 7.11 Å². The predicted molar refractivity (Wildman–Crippen MR) is 104 cm³/mol. The molecule has 2 aromatic carbocycles. The average molecular weight is 393 g/mol. The summed E-state index contributed by atoms with van der Waals surface area (Å²) in [5, 5.41) is 0.837. The molecule has 7 nitrogen and oxygen atoms in total. The van der Waals surface area contributed by atoms with Gasteiger partial charge in [0.1, 0.15) is 13.2 Å². The van der Waals surface area contributed by atoms with Crippen LogP contribution in [-0.4, -0.2) is 36.7 Å². The van der Waals surface area contributed by atoms with E-state index in [0.717, 1.165) is 10.9 Å². The number of benzene rings is 2. The zero-order chi connectivity index (χ0) is 20.4. The molecule has 0 fully saturated rings. The summed E-state index contributed by atoms with van der Waals surface area (Å²) in [6.45, 7) is 1.68. The Labute approximate surface area is 167 Å². The molecule has 0 saturated carbocycles. The van der Waals surface area contributed by atoms with Gasteiger partial charge in [-0.3, -0.25) is 0 Å². The van der Waals surface area contributed by atoms with Crippen molar-refractivity contribution in [1.82, 2.24) is 4.98 Å². The van der Waals surface area contributed by atoms with Gasteiger partial charge in [0.25, 0.3) is 0 Å². The molecule has 148 valence electrons. The number of ether oxygens (including phenoxy) is 4. The maximum atomic E-state index is 12.5. The molecule has 4 rings (SSSR count). The number of carbonyl (C=O) groups excluding carboxylic acids is 2. The van der Waals surface area contributed by atoms with E-state index in [2.05, 4.69) is 4.98 Å². The zero-order valence-corrected chi connectivity index (χ0v) is 16.0. The van der Waals surface area contributed by atoms with Gasteiger partial charge < -0.3 is 18.9 Å². The average Bonchev–Trinajstić information content (AvgIpc) is 2.76. The summed E-state index contributed by atoms with van der Waals surface area (Å²) in [5.74, 6) is -0.0621. The molecule has 1 aromatic heterocycles. The first-order chi connectivity index (χ1) is 14.1. The molecule has 0 N–H and O–H groups in total. The second-order valence-corrected chi connectivity index (χ2v) is 6.54. The van der Waals surface area contributed by atoms with E-state index in [4.69, 9.17) is 18.9 Å². The number of rotatable bonds is 4. The van der Waals surface area contributed by atoms with E-state index in [0.29, 0.717) is 28.3 Å². The highest BCUT2D eigenvalue weighted by Crippen LogP contribution is 2.31. The minimum Gasteiger partial charge on any atom is -0.485 e. The summed E-state index contributed by atoms with van der Waals surface area (Å²) in [6, 6.07) is 14.5. The number of nitrogens with zero attached hydrogens (tertiary/aromatic N) is 1. The van der Waals surface area contributed by atoms with E-state index < -0.39 is 18.0 Å². The molecular weight excluding hydrogens is 374 g/mol. The van der Waals surface area contributed by atoms with Crippen LogP contribution in [-0.2, 0) is 20.9 Å². The van der Waals surface area contributed by atoms with Gasteiger partial charge in [-0.2, -0.15) is 0 Å². The monoisotopic (exact) mass is 393 g/mol. The van der Waals surface area contributed by atoms with Crippen LogP contribution in [0, 0.1) is 6.92 Å². The van der Waals surface area contributed by atoms with Crippen LogP contribution in [0.1, 0.15) is 21.6 Å². The number of esters is 2. The maximum Gasteiger partial charge on any atom is 0.351 e. The second-order valence-electron chi connectivity index (χ2n) is 6.54. The smallest absolute Gasteiger partial charge is 0.351 e. The summed E-state index contributed by atoms with van der Waals surface area (Å²) >= 11 is 0. The molecule has 3 aromatic rings. The van der Waals surface area contributed by atoms with Crippen LogP contribution in [0.2, 0.25) is 0 Å². The molecule has 0 saturated heterocycles. The van der Waals surface area contributed by atoms with Crippen LogP contribution in [0.25, 0.3) is 10.9 Å². The van der Waals surface area contributed by atoms with Crippen molar-refractivity contribution in [2.45, 2.75) is 19.6 Å². The Morgan fingerprint density at radius 1 is 1.10 bits per heavy atom. The number of fused-ring (bicyclic) bond motifs is 2. The van der Waals surface area contributed by atoms with Crippen molar-refractivity contribution in [1.29, 1.82) is 0 Å². The molecule has 0 bridgehead atoms. The van der Waals surface area contributed by atoms with E-state index in [-0.39, 0.29) is 13.2 Å². The van der Waals surface area contributed by atoms with Gasteiger partial charge in [-0.1, -0.05) is 30.3 Å². The molecule has 0 spiro atoms. The highest BCUT2D eigenvalue weighted by molar-refractivity contribution is 5.98. The summed E-state index contributed by atoms with van der Waals surface area (Å²) < 4.78 is 21.5. The van der Waals surface area contributed by atoms with Crippen LogP contribution in [0.5, 0.6) is 11.5 Å². The molecule has 1 atom stereocenters. The van der Waals surface area contributed by atoms with E-state index in [1.807, 2.05) is 37.3 Å². The van der Waals surface area contributed by atoms with Crippen molar-refractivity contribution in [3.05, 3.63) is 65.4 Å². The summed E-state index contributed by atoms with van der Waals surface area (Å²) in [7, 11) is 1.30. The molecule has 1 aliphatic heterocycles. The van der Waals surface area contributed by atoms with E-state index in [9.17, 15) is 9.59 Å². The largest absolute Gasteiger partial charge is 0.485 e. The molecule has 0 radical (unpaired) electrons. The van der Waals surface area contributed by atoms with Crippen LogP contribution in [0.3, 0.4) is 0 Å². The lowest BCUT2D eigenvalue weighted by Gasteiger charge is -2.25. The van der Waals surface area contributed by atoms with Gasteiger partial charge in [0, 0.05) is 5.39 Å². The maximum absolute atomic E-state index is 12.5. The summed E-state index contributed by atoms with van der Waals surface area (Å²) in [4.78, 5) is 29.4. The van der Waals surface area contributed by atoms with Crippen LogP contribution < -0.4 is 9.47 Å². The summed E-state index contributed by atoms with van der Waals surface area (Å²) in [5.41, 5.74) is 2.05. The highest BCUT2D eigenvalue weighted by atomic mass is 16.6. The third-order valence-electron chi connectivity index (χ3n) is 4.74. The number of pyridine rings is 1. The lowest BCUT2D eigenvalue weighted by atomic mass is 10.0. The number of hydrogen-bond acceptors (Lipinski definition) is 7. The van der Waals surface area contributed by atoms with Crippen molar-refractivity contribution < 1.29 is 28.5 Å². The number of carbonyl (C=O) groups is 2. The number of aryl methyl sites for hydroxylation is 1. The van der Waals surface area contributed by atoms with Crippen LogP contribution in [0.15, 0.2) is 48.5 Å². The van der Waals surface area contributed by atoms with Crippen molar-refractivity contribution in [3.63, 3.8) is 0 Å². The first-order valence-corrected chi connectivity index (χ1v) is 9.10. The Morgan fingerprint density at radius 3 is 2.62 bits per heavy atom. The lowest BCUT2D eigenvalue weighted by Crippen LogP contribution is -2.37. The minimum absolute atomic E-state index is 0.0455. The first kappa shape index (κ1) is 18.7. The zero-order valence-electron chi connectivity index (χ0n) is 16.0. The van der Waals surface area contributed by atoms with Gasteiger partial charge in [-0.25, -0.2) is 14.6 Å². The number of methoxy groups -OCH3 is 1. The van der Waals surface area contributed by atoms with Crippen LogP contribution in [0.4, 0.5) is 0 Å². The molecule has 7 heteroatoms. The van der Waals surface area contributed by atoms with Gasteiger partial charge in [-0.05, 0) is 30.7 Å². The van der Waals surface area contributed by atoms with Crippen molar-refractivity contribution in [2.75, 3.05) is 13.7 Å². The normalized spacial score (nSPS) is 15.0. The predicted octanol–water partition coefficient (Wildman–Crippen LogP) is 3.21. The molecule has 1 aliphatic rings. The SMILES string of the molecule is COC(=O)c1c(COC(=O)[C@@H]2COc3ccccc3O2)nc2ccccc2c1C. The molecule has 0 amide bonds. The van der Waals surface area contributed by atoms with E-state index >= 15 is 0 Å². The Hall–Kier alpha value is -3.61. The third-order valence-corrected chi connectivity index (χ3v) is 4.74. The fourth-order valence-corrected chi connectivity index (χ4v) is 3.29. The summed E-state index contributed by atoms with van der Waals surface area (Å²) in [6.07, 6.45) is -0.895. The minimum atomic E-state index is -0.895. The molecule has 2 heterocycles. The number of aromatic nitrogens is 1. The quantitative estimate of drug-likeness (QED) is 0.629. The first-order valence-electron chi connectivity index (χ1n) is 9.10. The number of hydrogen-bond donors (Lipinski definition) is 0. The third kappa shape index (κ3) is 3.59.